The summed E-state index contributed by atoms with van der Waals surface area (Å²) in [6, 6.07) is 14.7. The normalized spacial score (nSPS) is 13.1. The van der Waals surface area contributed by atoms with Crippen molar-refractivity contribution in [3.8, 4) is 0 Å². The Bertz CT molecular complexity index is 1120. The van der Waals surface area contributed by atoms with E-state index >= 15 is 0 Å². The van der Waals surface area contributed by atoms with Crippen LogP contribution >= 0.6 is 23.4 Å². The van der Waals surface area contributed by atoms with Gasteiger partial charge in [-0.25, -0.2) is 4.98 Å². The lowest BCUT2D eigenvalue weighted by molar-refractivity contribution is -0.120. The van der Waals surface area contributed by atoms with Gasteiger partial charge in [-0.15, -0.1) is 0 Å². The molecule has 1 amide bonds. The molecule has 0 saturated carbocycles. The van der Waals surface area contributed by atoms with Gasteiger partial charge in [0, 0.05) is 24.8 Å². The summed E-state index contributed by atoms with van der Waals surface area (Å²) >= 11 is 7.39. The average Bonchev–Trinajstić information content (AvgIpc) is 2.78. The monoisotopic (exact) mass is 473 g/mol. The fourth-order valence-corrected chi connectivity index (χ4v) is 4.41. The Morgan fingerprint density at radius 3 is 2.69 bits per heavy atom. The Labute approximate surface area is 197 Å². The van der Waals surface area contributed by atoms with Crippen molar-refractivity contribution in [3.05, 3.63) is 69.5 Å². The molecular formula is C24H28ClN3O3S. The quantitative estimate of drug-likeness (QED) is 0.259. The van der Waals surface area contributed by atoms with Crippen molar-refractivity contribution >= 4 is 40.2 Å². The van der Waals surface area contributed by atoms with Crippen molar-refractivity contribution in [1.29, 1.82) is 0 Å². The smallest absolute Gasteiger partial charge is 0.262 e. The second-order valence-electron chi connectivity index (χ2n) is 7.46. The lowest BCUT2D eigenvalue weighted by Gasteiger charge is -2.19. The van der Waals surface area contributed by atoms with Gasteiger partial charge in [-0.05, 0) is 51.0 Å². The van der Waals surface area contributed by atoms with E-state index < -0.39 is 5.25 Å². The van der Waals surface area contributed by atoms with Gasteiger partial charge in [0.25, 0.3) is 5.56 Å². The van der Waals surface area contributed by atoms with Gasteiger partial charge in [-0.3, -0.25) is 14.2 Å². The molecule has 0 fully saturated rings. The van der Waals surface area contributed by atoms with E-state index in [-0.39, 0.29) is 17.5 Å². The van der Waals surface area contributed by atoms with E-state index in [0.717, 1.165) is 5.56 Å². The molecule has 1 heterocycles. The molecule has 0 bridgehead atoms. The molecule has 0 aliphatic carbocycles. The van der Waals surface area contributed by atoms with E-state index in [4.69, 9.17) is 16.3 Å². The topological polar surface area (TPSA) is 73.2 Å². The number of rotatable bonds is 10. The second kappa shape index (κ2) is 11.5. The second-order valence-corrected chi connectivity index (χ2v) is 9.21. The van der Waals surface area contributed by atoms with E-state index in [2.05, 4.69) is 10.3 Å². The Morgan fingerprint density at radius 2 is 1.97 bits per heavy atom. The molecule has 2 unspecified atom stereocenters. The van der Waals surface area contributed by atoms with E-state index in [1.807, 2.05) is 51.1 Å². The largest absolute Gasteiger partial charge is 0.382 e. The van der Waals surface area contributed by atoms with Crippen LogP contribution in [0, 0.1) is 0 Å². The van der Waals surface area contributed by atoms with Crippen LogP contribution in [0.5, 0.6) is 0 Å². The molecule has 1 N–H and O–H groups in total. The summed E-state index contributed by atoms with van der Waals surface area (Å²) in [6.07, 6.45) is 0.674. The van der Waals surface area contributed by atoms with E-state index in [9.17, 15) is 9.59 Å². The van der Waals surface area contributed by atoms with Gasteiger partial charge in [0.05, 0.1) is 22.2 Å². The zero-order valence-electron chi connectivity index (χ0n) is 18.5. The Kier molecular flexibility index (Phi) is 8.73. The molecule has 0 spiro atoms. The van der Waals surface area contributed by atoms with Crippen LogP contribution in [-0.4, -0.2) is 33.9 Å². The number of fused-ring (bicyclic) bond motifs is 1. The number of thioether (sulfide) groups is 1. The molecule has 3 aromatic rings. The molecule has 0 aliphatic rings. The van der Waals surface area contributed by atoms with Crippen molar-refractivity contribution in [2.24, 2.45) is 0 Å². The Balaban J connectivity index is 1.83. The average molecular weight is 474 g/mol. The van der Waals surface area contributed by atoms with Crippen LogP contribution in [0.3, 0.4) is 0 Å². The van der Waals surface area contributed by atoms with Crippen molar-refractivity contribution in [2.45, 2.75) is 50.2 Å². The third kappa shape index (κ3) is 6.12. The standard InChI is InChI=1S/C24H28ClN3O3S/c1-4-31-14-8-13-28-23(30)20-12-11-19(25)15-21(20)27-24(28)32-17(3)22(29)26-16(2)18-9-6-5-7-10-18/h5-7,9-12,15-17H,4,8,13-14H2,1-3H3,(H,26,29). The summed E-state index contributed by atoms with van der Waals surface area (Å²) in [5.41, 5.74) is 1.41. The number of halogens is 1. The van der Waals surface area contributed by atoms with Gasteiger partial charge in [0.15, 0.2) is 5.16 Å². The number of carbonyl (C=O) groups is 1. The van der Waals surface area contributed by atoms with Crippen molar-refractivity contribution < 1.29 is 9.53 Å². The summed E-state index contributed by atoms with van der Waals surface area (Å²) < 4.78 is 7.05. The van der Waals surface area contributed by atoms with E-state index in [1.54, 1.807) is 22.8 Å². The predicted molar refractivity (Wildman–Crippen MR) is 130 cm³/mol. The highest BCUT2D eigenvalue weighted by atomic mass is 35.5. The predicted octanol–water partition coefficient (Wildman–Crippen LogP) is 4.83. The first-order valence-corrected chi connectivity index (χ1v) is 12.0. The number of aromatic nitrogens is 2. The SMILES string of the molecule is CCOCCCn1c(SC(C)C(=O)NC(C)c2ccccc2)nc2cc(Cl)ccc2c1=O. The minimum absolute atomic E-state index is 0.118. The third-order valence-electron chi connectivity index (χ3n) is 5.07. The highest BCUT2D eigenvalue weighted by Crippen LogP contribution is 2.25. The molecule has 2 atom stereocenters. The number of hydrogen-bond donors (Lipinski definition) is 1. The highest BCUT2D eigenvalue weighted by molar-refractivity contribution is 8.00. The van der Waals surface area contributed by atoms with Gasteiger partial charge in [-0.1, -0.05) is 53.7 Å². The maximum absolute atomic E-state index is 13.2. The summed E-state index contributed by atoms with van der Waals surface area (Å²) in [7, 11) is 0. The molecule has 2 aromatic carbocycles. The molecule has 170 valence electrons. The van der Waals surface area contributed by atoms with Crippen LogP contribution in [-0.2, 0) is 16.1 Å². The highest BCUT2D eigenvalue weighted by Gasteiger charge is 2.21. The fraction of sp³-hybridized carbons (Fsp3) is 0.375. The number of benzene rings is 2. The van der Waals surface area contributed by atoms with Crippen LogP contribution in [0.4, 0.5) is 0 Å². The number of amides is 1. The molecule has 0 radical (unpaired) electrons. The van der Waals surface area contributed by atoms with Crippen LogP contribution in [0.15, 0.2) is 58.5 Å². The van der Waals surface area contributed by atoms with E-state index in [0.29, 0.717) is 47.3 Å². The minimum atomic E-state index is -0.442. The lowest BCUT2D eigenvalue weighted by atomic mass is 10.1. The van der Waals surface area contributed by atoms with Crippen LogP contribution in [0.2, 0.25) is 5.02 Å². The summed E-state index contributed by atoms with van der Waals surface area (Å²) in [4.78, 5) is 30.7. The maximum Gasteiger partial charge on any atom is 0.262 e. The van der Waals surface area contributed by atoms with Crippen LogP contribution < -0.4 is 10.9 Å². The first-order chi connectivity index (χ1) is 15.4. The van der Waals surface area contributed by atoms with Crippen LogP contribution in [0.1, 0.15) is 38.8 Å². The first-order valence-electron chi connectivity index (χ1n) is 10.7. The zero-order chi connectivity index (χ0) is 23.1. The number of nitrogens with zero attached hydrogens (tertiary/aromatic N) is 2. The molecule has 0 aliphatic heterocycles. The van der Waals surface area contributed by atoms with Crippen molar-refractivity contribution in [3.63, 3.8) is 0 Å². The zero-order valence-corrected chi connectivity index (χ0v) is 20.1. The molecule has 1 aromatic heterocycles. The minimum Gasteiger partial charge on any atom is -0.382 e. The first kappa shape index (κ1) is 24.3. The molecule has 0 saturated heterocycles. The molecule has 3 rings (SSSR count). The van der Waals surface area contributed by atoms with Gasteiger partial charge in [0.2, 0.25) is 5.91 Å². The summed E-state index contributed by atoms with van der Waals surface area (Å²) in [5, 5.41) is 4.11. The molecule has 8 heteroatoms. The molecule has 32 heavy (non-hydrogen) atoms. The number of nitrogens with one attached hydrogen (secondary N) is 1. The van der Waals surface area contributed by atoms with E-state index in [1.165, 1.54) is 11.8 Å². The van der Waals surface area contributed by atoms with Gasteiger partial charge in [-0.2, -0.15) is 0 Å². The fourth-order valence-electron chi connectivity index (χ4n) is 3.30. The third-order valence-corrected chi connectivity index (χ3v) is 6.39. The molecule has 6 nitrogen and oxygen atoms in total. The number of hydrogen-bond acceptors (Lipinski definition) is 5. The number of carbonyl (C=O) groups excluding carboxylic acids is 1. The lowest BCUT2D eigenvalue weighted by Crippen LogP contribution is -2.34. The molecular weight excluding hydrogens is 446 g/mol. The Hall–Kier alpha value is -2.35. The maximum atomic E-state index is 13.2. The summed E-state index contributed by atoms with van der Waals surface area (Å²) in [5.74, 6) is -0.118. The van der Waals surface area contributed by atoms with Gasteiger partial charge in [0.1, 0.15) is 0 Å². The van der Waals surface area contributed by atoms with Gasteiger partial charge >= 0.3 is 0 Å². The summed E-state index contributed by atoms with van der Waals surface area (Å²) in [6.45, 7) is 7.34. The van der Waals surface area contributed by atoms with Gasteiger partial charge < -0.3 is 10.1 Å². The van der Waals surface area contributed by atoms with Crippen LogP contribution in [0.25, 0.3) is 10.9 Å². The number of ether oxygens (including phenoxy) is 1. The van der Waals surface area contributed by atoms with Crippen molar-refractivity contribution in [2.75, 3.05) is 13.2 Å². The van der Waals surface area contributed by atoms with Crippen molar-refractivity contribution in [1.82, 2.24) is 14.9 Å². The Morgan fingerprint density at radius 1 is 1.22 bits per heavy atom.